The second kappa shape index (κ2) is 7.80. The van der Waals surface area contributed by atoms with Gasteiger partial charge >= 0.3 is 0 Å². The second-order valence-electron chi connectivity index (χ2n) is 7.21. The Balaban J connectivity index is 1.24. The highest BCUT2D eigenvalue weighted by Gasteiger charge is 2.41. The number of hydrogen-bond acceptors (Lipinski definition) is 5. The molecule has 1 saturated carbocycles. The van der Waals surface area contributed by atoms with Gasteiger partial charge in [-0.05, 0) is 73.2 Å². The average molecular weight is 372 g/mol. The molecular formula is C21H25NO3S. The molecule has 5 heteroatoms. The highest BCUT2D eigenvalue weighted by Crippen LogP contribution is 2.40. The number of hydrogen-bond donors (Lipinski definition) is 1. The minimum absolute atomic E-state index is 0.327. The standard InChI is InChI=1S/C21H25NO3S/c1-24-18-4-6-19(7-5-18)25-20-10-15-12-22(13-16(15)11-20)14-26-21-8-2-17(23)3-9-21/h2-9,15-16,20,23H,10-14H2,1H3/t15-,16+,20?. The van der Waals surface area contributed by atoms with E-state index in [1.165, 1.54) is 4.90 Å². The van der Waals surface area contributed by atoms with Crippen molar-refractivity contribution in [1.82, 2.24) is 4.90 Å². The molecule has 0 amide bonds. The highest BCUT2D eigenvalue weighted by molar-refractivity contribution is 7.99. The van der Waals surface area contributed by atoms with Crippen LogP contribution >= 0.6 is 11.8 Å². The number of aromatic hydroxyl groups is 1. The molecule has 138 valence electrons. The first-order valence-electron chi connectivity index (χ1n) is 9.14. The van der Waals surface area contributed by atoms with E-state index < -0.39 is 0 Å². The van der Waals surface area contributed by atoms with Crippen molar-refractivity contribution in [2.45, 2.75) is 23.8 Å². The van der Waals surface area contributed by atoms with E-state index >= 15 is 0 Å². The summed E-state index contributed by atoms with van der Waals surface area (Å²) in [5.41, 5.74) is 0. The van der Waals surface area contributed by atoms with Gasteiger partial charge in [0.1, 0.15) is 17.2 Å². The number of rotatable bonds is 6. The first-order valence-corrected chi connectivity index (χ1v) is 10.1. The number of fused-ring (bicyclic) bond motifs is 1. The molecule has 1 aliphatic carbocycles. The highest BCUT2D eigenvalue weighted by atomic mass is 32.2. The normalized spacial score (nSPS) is 25.2. The predicted molar refractivity (Wildman–Crippen MR) is 104 cm³/mol. The smallest absolute Gasteiger partial charge is 0.119 e. The van der Waals surface area contributed by atoms with Crippen LogP contribution in [0, 0.1) is 11.8 Å². The van der Waals surface area contributed by atoms with Crippen LogP contribution in [-0.2, 0) is 0 Å². The predicted octanol–water partition coefficient (Wildman–Crippen LogP) is 4.24. The molecule has 3 atom stereocenters. The number of thioether (sulfide) groups is 1. The fraction of sp³-hybridized carbons (Fsp3) is 0.429. The second-order valence-corrected chi connectivity index (χ2v) is 8.23. The van der Waals surface area contributed by atoms with Crippen molar-refractivity contribution in [3.8, 4) is 17.2 Å². The van der Waals surface area contributed by atoms with E-state index in [0.29, 0.717) is 11.9 Å². The third kappa shape index (κ3) is 4.10. The summed E-state index contributed by atoms with van der Waals surface area (Å²) >= 11 is 1.84. The van der Waals surface area contributed by atoms with Crippen LogP contribution in [0.2, 0.25) is 0 Å². The topological polar surface area (TPSA) is 41.9 Å². The van der Waals surface area contributed by atoms with Crippen LogP contribution in [0.25, 0.3) is 0 Å². The van der Waals surface area contributed by atoms with Crippen LogP contribution in [-0.4, -0.2) is 42.2 Å². The molecule has 1 saturated heterocycles. The van der Waals surface area contributed by atoms with E-state index in [1.807, 2.05) is 48.2 Å². The first kappa shape index (κ1) is 17.6. The average Bonchev–Trinajstić information content (AvgIpc) is 3.20. The number of benzene rings is 2. The van der Waals surface area contributed by atoms with Gasteiger partial charge in [0.05, 0.1) is 13.2 Å². The van der Waals surface area contributed by atoms with Crippen LogP contribution in [0.1, 0.15) is 12.8 Å². The van der Waals surface area contributed by atoms with E-state index in [4.69, 9.17) is 9.47 Å². The van der Waals surface area contributed by atoms with Crippen LogP contribution in [0.4, 0.5) is 0 Å². The summed E-state index contributed by atoms with van der Waals surface area (Å²) in [6, 6.07) is 15.4. The summed E-state index contributed by atoms with van der Waals surface area (Å²) in [6.07, 6.45) is 2.64. The molecule has 4 nitrogen and oxygen atoms in total. The lowest BCUT2D eigenvalue weighted by Crippen LogP contribution is -2.24. The number of phenolic OH excluding ortho intramolecular Hbond substituents is 1. The molecule has 2 aromatic carbocycles. The molecule has 26 heavy (non-hydrogen) atoms. The van der Waals surface area contributed by atoms with E-state index in [0.717, 1.165) is 55.1 Å². The molecule has 0 aromatic heterocycles. The van der Waals surface area contributed by atoms with E-state index in [9.17, 15) is 5.11 Å². The molecule has 1 heterocycles. The van der Waals surface area contributed by atoms with Gasteiger partial charge in [0.2, 0.25) is 0 Å². The van der Waals surface area contributed by atoms with Gasteiger partial charge in [0, 0.05) is 23.9 Å². The van der Waals surface area contributed by atoms with Gasteiger partial charge in [0.15, 0.2) is 0 Å². The lowest BCUT2D eigenvalue weighted by molar-refractivity contribution is 0.189. The molecule has 0 bridgehead atoms. The number of methoxy groups -OCH3 is 1. The third-order valence-corrected chi connectivity index (χ3v) is 6.50. The maximum absolute atomic E-state index is 9.36. The summed E-state index contributed by atoms with van der Waals surface area (Å²) in [5.74, 6) is 4.64. The van der Waals surface area contributed by atoms with Crippen molar-refractivity contribution < 1.29 is 14.6 Å². The van der Waals surface area contributed by atoms with E-state index in [-0.39, 0.29) is 0 Å². The summed E-state index contributed by atoms with van der Waals surface area (Å²) in [6.45, 7) is 2.33. The van der Waals surface area contributed by atoms with Crippen molar-refractivity contribution in [3.63, 3.8) is 0 Å². The maximum Gasteiger partial charge on any atom is 0.119 e. The summed E-state index contributed by atoms with van der Waals surface area (Å²) in [7, 11) is 1.68. The van der Waals surface area contributed by atoms with E-state index in [2.05, 4.69) is 4.90 Å². The molecule has 1 N–H and O–H groups in total. The Hall–Kier alpha value is -1.85. The van der Waals surface area contributed by atoms with E-state index in [1.54, 1.807) is 19.2 Å². The molecule has 2 fully saturated rings. The number of likely N-dealkylation sites (tertiary alicyclic amines) is 1. The van der Waals surface area contributed by atoms with Crippen molar-refractivity contribution in [2.24, 2.45) is 11.8 Å². The molecule has 1 unspecified atom stereocenters. The molecule has 1 aliphatic heterocycles. The number of phenols is 1. The first-order chi connectivity index (χ1) is 12.7. The minimum Gasteiger partial charge on any atom is -0.508 e. The van der Waals surface area contributed by atoms with Gasteiger partial charge in [0.25, 0.3) is 0 Å². The maximum atomic E-state index is 9.36. The van der Waals surface area contributed by atoms with Crippen molar-refractivity contribution >= 4 is 11.8 Å². The SMILES string of the molecule is COc1ccc(OC2C[C@@H]3CN(CSc4ccc(O)cc4)C[C@@H]3C2)cc1. The third-order valence-electron chi connectivity index (χ3n) is 5.40. The largest absolute Gasteiger partial charge is 0.508 e. The van der Waals surface area contributed by atoms with Crippen LogP contribution in [0.5, 0.6) is 17.2 Å². The Labute approximate surface area is 159 Å². The Kier molecular flexibility index (Phi) is 5.27. The van der Waals surface area contributed by atoms with Gasteiger partial charge in [-0.3, -0.25) is 4.90 Å². The zero-order valence-electron chi connectivity index (χ0n) is 15.0. The van der Waals surface area contributed by atoms with Crippen LogP contribution in [0.3, 0.4) is 0 Å². The van der Waals surface area contributed by atoms with Gasteiger partial charge in [-0.1, -0.05) is 0 Å². The molecule has 0 radical (unpaired) electrons. The van der Waals surface area contributed by atoms with Gasteiger partial charge in [-0.25, -0.2) is 0 Å². The van der Waals surface area contributed by atoms with Crippen LogP contribution in [0.15, 0.2) is 53.4 Å². The fourth-order valence-corrected chi connectivity index (χ4v) is 4.97. The molecule has 2 aliphatic rings. The lowest BCUT2D eigenvalue weighted by atomic mass is 10.0. The monoisotopic (exact) mass is 371 g/mol. The molecule has 4 rings (SSSR count). The fourth-order valence-electron chi connectivity index (χ4n) is 4.10. The van der Waals surface area contributed by atoms with Crippen LogP contribution < -0.4 is 9.47 Å². The summed E-state index contributed by atoms with van der Waals surface area (Å²) < 4.78 is 11.4. The van der Waals surface area contributed by atoms with Crippen molar-refractivity contribution in [3.05, 3.63) is 48.5 Å². The lowest BCUT2D eigenvalue weighted by Gasteiger charge is -2.19. The van der Waals surface area contributed by atoms with Crippen molar-refractivity contribution in [2.75, 3.05) is 26.1 Å². The summed E-state index contributed by atoms with van der Waals surface area (Å²) in [4.78, 5) is 3.76. The quantitative estimate of drug-likeness (QED) is 0.769. The minimum atomic E-state index is 0.327. The van der Waals surface area contributed by atoms with Crippen molar-refractivity contribution in [1.29, 1.82) is 0 Å². The Morgan fingerprint density at radius 3 is 2.19 bits per heavy atom. The van der Waals surface area contributed by atoms with Gasteiger partial charge in [-0.15, -0.1) is 11.8 Å². The molecule has 2 aromatic rings. The Morgan fingerprint density at radius 2 is 1.58 bits per heavy atom. The number of nitrogens with zero attached hydrogens (tertiary/aromatic N) is 1. The molecule has 0 spiro atoms. The van der Waals surface area contributed by atoms with Gasteiger partial charge < -0.3 is 14.6 Å². The Morgan fingerprint density at radius 1 is 0.962 bits per heavy atom. The number of ether oxygens (including phenoxy) is 2. The zero-order valence-corrected chi connectivity index (χ0v) is 15.8. The zero-order chi connectivity index (χ0) is 17.9. The summed E-state index contributed by atoms with van der Waals surface area (Å²) in [5, 5.41) is 9.36. The van der Waals surface area contributed by atoms with Gasteiger partial charge in [-0.2, -0.15) is 0 Å². The molecular weight excluding hydrogens is 346 g/mol. The Bertz CT molecular complexity index is 705.